The molecule has 0 spiro atoms. The van der Waals surface area contributed by atoms with Crippen molar-refractivity contribution >= 4 is 29.9 Å². The van der Waals surface area contributed by atoms with Crippen molar-refractivity contribution in [1.29, 1.82) is 0 Å². The lowest BCUT2D eigenvalue weighted by Crippen LogP contribution is -2.53. The molecule has 7 heteroatoms. The molecule has 1 aromatic carbocycles. The highest BCUT2D eigenvalue weighted by atomic mass is 127. The van der Waals surface area contributed by atoms with Crippen molar-refractivity contribution in [3.05, 3.63) is 29.8 Å². The molecule has 0 amide bonds. The second-order valence-electron chi connectivity index (χ2n) is 7.35. The molecule has 0 aliphatic carbocycles. The largest absolute Gasteiger partial charge is 0.489 e. The summed E-state index contributed by atoms with van der Waals surface area (Å²) in [6.07, 6.45) is 0.0594. The fourth-order valence-electron chi connectivity index (χ4n) is 3.30. The molecule has 1 fully saturated rings. The molecule has 0 radical (unpaired) electrons. The third kappa shape index (κ3) is 8.13. The van der Waals surface area contributed by atoms with Crippen LogP contribution in [0.4, 0.5) is 0 Å². The van der Waals surface area contributed by atoms with Crippen molar-refractivity contribution in [2.24, 2.45) is 4.99 Å². The molecule has 0 bridgehead atoms. The summed E-state index contributed by atoms with van der Waals surface area (Å²) in [7, 11) is 1.81. The average Bonchev–Trinajstić information content (AvgIpc) is 2.69. The van der Waals surface area contributed by atoms with Gasteiger partial charge >= 0.3 is 0 Å². The SMILES string of the molecule is CCN1CCN(C(C)CNC(=NC)NCC(C)Oc2ccccc2C)CC1.I. The first-order valence-electron chi connectivity index (χ1n) is 10.2. The van der Waals surface area contributed by atoms with E-state index in [2.05, 4.69) is 59.2 Å². The molecule has 1 saturated heterocycles. The van der Waals surface area contributed by atoms with Gasteiger partial charge in [-0.1, -0.05) is 25.1 Å². The molecule has 0 aromatic heterocycles. The Morgan fingerprint density at radius 2 is 1.75 bits per heavy atom. The number of aryl methyl sites for hydroxylation is 1. The van der Waals surface area contributed by atoms with Crippen molar-refractivity contribution < 1.29 is 4.74 Å². The number of nitrogens with one attached hydrogen (secondary N) is 2. The molecule has 2 unspecified atom stereocenters. The van der Waals surface area contributed by atoms with Gasteiger partial charge in [-0.3, -0.25) is 9.89 Å². The Morgan fingerprint density at radius 1 is 1.11 bits per heavy atom. The summed E-state index contributed by atoms with van der Waals surface area (Å²) in [5, 5.41) is 6.82. The van der Waals surface area contributed by atoms with Gasteiger partial charge in [0.05, 0.1) is 6.54 Å². The van der Waals surface area contributed by atoms with Gasteiger partial charge < -0.3 is 20.3 Å². The van der Waals surface area contributed by atoms with Crippen LogP contribution in [0, 0.1) is 6.92 Å². The minimum absolute atomic E-state index is 0. The number of benzene rings is 1. The van der Waals surface area contributed by atoms with E-state index in [9.17, 15) is 0 Å². The number of ether oxygens (including phenoxy) is 1. The fourth-order valence-corrected chi connectivity index (χ4v) is 3.30. The third-order valence-corrected chi connectivity index (χ3v) is 5.24. The van der Waals surface area contributed by atoms with Crippen LogP contribution >= 0.6 is 24.0 Å². The van der Waals surface area contributed by atoms with Crippen molar-refractivity contribution in [3.63, 3.8) is 0 Å². The Hall–Kier alpha value is -1.06. The topological polar surface area (TPSA) is 52.1 Å². The lowest BCUT2D eigenvalue weighted by Gasteiger charge is -2.37. The molecule has 2 rings (SSSR count). The zero-order chi connectivity index (χ0) is 19.6. The predicted molar refractivity (Wildman–Crippen MR) is 129 cm³/mol. The quantitative estimate of drug-likeness (QED) is 0.325. The van der Waals surface area contributed by atoms with E-state index in [-0.39, 0.29) is 30.1 Å². The van der Waals surface area contributed by atoms with Gasteiger partial charge in [0.1, 0.15) is 11.9 Å². The highest BCUT2D eigenvalue weighted by molar-refractivity contribution is 14.0. The summed E-state index contributed by atoms with van der Waals surface area (Å²) >= 11 is 0. The van der Waals surface area contributed by atoms with E-state index >= 15 is 0 Å². The maximum absolute atomic E-state index is 6.02. The van der Waals surface area contributed by atoms with E-state index in [4.69, 9.17) is 4.74 Å². The molecule has 2 atom stereocenters. The van der Waals surface area contributed by atoms with E-state index in [0.29, 0.717) is 12.6 Å². The van der Waals surface area contributed by atoms with E-state index in [0.717, 1.165) is 43.5 Å². The molecule has 160 valence electrons. The van der Waals surface area contributed by atoms with Crippen LogP contribution < -0.4 is 15.4 Å². The Morgan fingerprint density at radius 3 is 2.36 bits per heavy atom. The second kappa shape index (κ2) is 13.2. The van der Waals surface area contributed by atoms with E-state index < -0.39 is 0 Å². The molecule has 0 saturated carbocycles. The third-order valence-electron chi connectivity index (χ3n) is 5.24. The number of para-hydroxylation sites is 1. The van der Waals surface area contributed by atoms with Crippen LogP contribution in [0.25, 0.3) is 0 Å². The smallest absolute Gasteiger partial charge is 0.191 e. The van der Waals surface area contributed by atoms with Crippen LogP contribution in [0.2, 0.25) is 0 Å². The van der Waals surface area contributed by atoms with Crippen LogP contribution in [-0.2, 0) is 0 Å². The number of aliphatic imine (C=N–C) groups is 1. The molecule has 1 aliphatic rings. The van der Waals surface area contributed by atoms with Gasteiger partial charge in [0.2, 0.25) is 0 Å². The molecular weight excluding hydrogens is 465 g/mol. The number of halogens is 1. The maximum atomic E-state index is 6.02. The standard InChI is InChI=1S/C21H37N5O.HI/c1-6-25-11-13-26(14-12-25)18(3)15-23-21(22-5)24-16-19(4)27-20-10-8-7-9-17(20)2;/h7-10,18-19H,6,11-16H2,1-5H3,(H2,22,23,24);1H. The average molecular weight is 503 g/mol. The predicted octanol–water partition coefficient (Wildman–Crippen LogP) is 2.57. The maximum Gasteiger partial charge on any atom is 0.191 e. The summed E-state index contributed by atoms with van der Waals surface area (Å²) in [5.74, 6) is 1.77. The summed E-state index contributed by atoms with van der Waals surface area (Å²) in [6, 6.07) is 8.60. The Kier molecular flexibility index (Phi) is 11.8. The Balaban J connectivity index is 0.00000392. The van der Waals surface area contributed by atoms with Gasteiger partial charge in [0.25, 0.3) is 0 Å². The number of hydrogen-bond donors (Lipinski definition) is 2. The van der Waals surface area contributed by atoms with Crippen molar-refractivity contribution in [2.45, 2.75) is 39.8 Å². The highest BCUT2D eigenvalue weighted by Gasteiger charge is 2.20. The lowest BCUT2D eigenvalue weighted by atomic mass is 10.2. The van der Waals surface area contributed by atoms with Crippen molar-refractivity contribution in [2.75, 3.05) is 52.9 Å². The van der Waals surface area contributed by atoms with Crippen molar-refractivity contribution in [1.82, 2.24) is 20.4 Å². The first-order chi connectivity index (χ1) is 13.0. The number of hydrogen-bond acceptors (Lipinski definition) is 4. The van der Waals surface area contributed by atoms with Crippen LogP contribution in [0.5, 0.6) is 5.75 Å². The minimum Gasteiger partial charge on any atom is -0.489 e. The van der Waals surface area contributed by atoms with Crippen LogP contribution in [0.3, 0.4) is 0 Å². The monoisotopic (exact) mass is 503 g/mol. The summed E-state index contributed by atoms with van der Waals surface area (Å²) in [4.78, 5) is 9.40. The number of rotatable bonds is 8. The zero-order valence-corrected chi connectivity index (χ0v) is 20.4. The molecule has 1 heterocycles. The normalized spacial score (nSPS) is 18.1. The lowest BCUT2D eigenvalue weighted by molar-refractivity contribution is 0.107. The minimum atomic E-state index is 0. The number of nitrogens with zero attached hydrogens (tertiary/aromatic N) is 3. The van der Waals surface area contributed by atoms with E-state index in [1.54, 1.807) is 0 Å². The van der Waals surface area contributed by atoms with Gasteiger partial charge in [-0.2, -0.15) is 0 Å². The summed E-state index contributed by atoms with van der Waals surface area (Å²) in [5.41, 5.74) is 1.16. The number of piperazine rings is 1. The fraction of sp³-hybridized carbons (Fsp3) is 0.667. The highest BCUT2D eigenvalue weighted by Crippen LogP contribution is 2.17. The molecule has 6 nitrogen and oxygen atoms in total. The second-order valence-corrected chi connectivity index (χ2v) is 7.35. The van der Waals surface area contributed by atoms with Crippen molar-refractivity contribution in [3.8, 4) is 5.75 Å². The Labute approximate surface area is 188 Å². The van der Waals surface area contributed by atoms with Gasteiger partial charge in [-0.05, 0) is 38.9 Å². The van der Waals surface area contributed by atoms with Gasteiger partial charge in [-0.15, -0.1) is 24.0 Å². The zero-order valence-electron chi connectivity index (χ0n) is 18.1. The first kappa shape index (κ1) is 25.0. The van der Waals surface area contributed by atoms with Crippen LogP contribution in [0.1, 0.15) is 26.3 Å². The summed E-state index contributed by atoms with van der Waals surface area (Å²) < 4.78 is 6.02. The van der Waals surface area contributed by atoms with Crippen LogP contribution in [-0.4, -0.2) is 80.8 Å². The van der Waals surface area contributed by atoms with Gasteiger partial charge in [0, 0.05) is 45.8 Å². The number of guanidine groups is 1. The van der Waals surface area contributed by atoms with Gasteiger partial charge in [-0.25, -0.2) is 0 Å². The summed E-state index contributed by atoms with van der Waals surface area (Å²) in [6.45, 7) is 16.0. The first-order valence-corrected chi connectivity index (χ1v) is 10.2. The van der Waals surface area contributed by atoms with Gasteiger partial charge in [0.15, 0.2) is 5.96 Å². The molecule has 28 heavy (non-hydrogen) atoms. The molecular formula is C21H38IN5O. The molecule has 1 aliphatic heterocycles. The Bertz CT molecular complexity index is 590. The van der Waals surface area contributed by atoms with E-state index in [1.165, 1.54) is 13.1 Å². The molecule has 1 aromatic rings. The molecule has 2 N–H and O–H groups in total. The van der Waals surface area contributed by atoms with E-state index in [1.807, 2.05) is 25.2 Å². The van der Waals surface area contributed by atoms with Crippen LogP contribution in [0.15, 0.2) is 29.3 Å². The number of likely N-dealkylation sites (N-methyl/N-ethyl adjacent to an activating group) is 1.